The van der Waals surface area contributed by atoms with Gasteiger partial charge in [0.25, 0.3) is 0 Å². The van der Waals surface area contributed by atoms with Crippen molar-refractivity contribution < 1.29 is 0 Å². The summed E-state index contributed by atoms with van der Waals surface area (Å²) >= 11 is 0. The zero-order valence-electron chi connectivity index (χ0n) is 9.43. The minimum Gasteiger partial charge on any atom is -0.376 e. The molecule has 1 aliphatic heterocycles. The molecule has 1 heterocycles. The zero-order chi connectivity index (χ0) is 10.5. The molecule has 0 saturated heterocycles. The maximum Gasteiger partial charge on any atom is 0.0560 e. The molecule has 0 aromatic heterocycles. The van der Waals surface area contributed by atoms with Gasteiger partial charge in [-0.1, -0.05) is 17.7 Å². The number of fused-ring (bicyclic) bond motifs is 2. The van der Waals surface area contributed by atoms with Crippen molar-refractivity contribution in [1.82, 2.24) is 0 Å². The van der Waals surface area contributed by atoms with Gasteiger partial charge in [-0.15, -0.1) is 0 Å². The fourth-order valence-corrected chi connectivity index (χ4v) is 2.84. The van der Waals surface area contributed by atoms with Gasteiger partial charge in [0.1, 0.15) is 0 Å². The van der Waals surface area contributed by atoms with Crippen molar-refractivity contribution in [2.75, 3.05) is 5.32 Å². The molecule has 1 unspecified atom stereocenters. The van der Waals surface area contributed by atoms with E-state index in [4.69, 9.17) is 0 Å². The van der Waals surface area contributed by atoms with Crippen LogP contribution in [0.15, 0.2) is 23.8 Å². The first-order valence-corrected chi connectivity index (χ1v) is 5.77. The van der Waals surface area contributed by atoms with Gasteiger partial charge >= 0.3 is 0 Å². The molecule has 0 spiro atoms. The van der Waals surface area contributed by atoms with Crippen LogP contribution in [0.1, 0.15) is 37.3 Å². The van der Waals surface area contributed by atoms with Crippen LogP contribution in [0.4, 0.5) is 5.69 Å². The number of hydrogen-bond acceptors (Lipinski definition) is 1. The summed E-state index contributed by atoms with van der Waals surface area (Å²) in [6, 6.07) is 6.66. The first-order chi connectivity index (χ1) is 7.17. The predicted octanol–water partition coefficient (Wildman–Crippen LogP) is 3.75. The maximum atomic E-state index is 3.69. The summed E-state index contributed by atoms with van der Waals surface area (Å²) < 4.78 is 0. The number of hydrogen-bond donors (Lipinski definition) is 1. The van der Waals surface area contributed by atoms with E-state index in [1.165, 1.54) is 36.1 Å². The number of aryl methyl sites for hydroxylation is 1. The lowest BCUT2D eigenvalue weighted by molar-refractivity contribution is 0.611. The Morgan fingerprint density at radius 1 is 1.33 bits per heavy atom. The monoisotopic (exact) mass is 199 g/mol. The Bertz CT molecular complexity index is 445. The molecule has 1 aromatic rings. The summed E-state index contributed by atoms with van der Waals surface area (Å²) in [7, 11) is 0. The second-order valence-corrected chi connectivity index (χ2v) is 5.07. The summed E-state index contributed by atoms with van der Waals surface area (Å²) in [5, 5.41) is 3.69. The van der Waals surface area contributed by atoms with Gasteiger partial charge in [0.05, 0.1) is 5.54 Å². The first kappa shape index (κ1) is 9.02. The molecule has 1 aromatic carbocycles. The largest absolute Gasteiger partial charge is 0.376 e. The van der Waals surface area contributed by atoms with E-state index in [9.17, 15) is 0 Å². The molecule has 0 amide bonds. The summed E-state index contributed by atoms with van der Waals surface area (Å²) in [6.45, 7) is 4.48. The third-order valence-electron chi connectivity index (χ3n) is 3.78. The van der Waals surface area contributed by atoms with E-state index in [2.05, 4.69) is 43.4 Å². The average molecular weight is 199 g/mol. The smallest absolute Gasteiger partial charge is 0.0560 e. The highest BCUT2D eigenvalue weighted by Crippen LogP contribution is 2.43. The van der Waals surface area contributed by atoms with Crippen molar-refractivity contribution in [2.45, 2.75) is 38.6 Å². The van der Waals surface area contributed by atoms with Crippen molar-refractivity contribution in [3.63, 3.8) is 0 Å². The Labute approximate surface area is 91.2 Å². The van der Waals surface area contributed by atoms with Gasteiger partial charge in [-0.2, -0.15) is 0 Å². The average Bonchev–Trinajstić information content (AvgIpc) is 2.55. The number of nitrogens with one attached hydrogen (secondary N) is 1. The Hall–Kier alpha value is -1.24. The van der Waals surface area contributed by atoms with Crippen molar-refractivity contribution >= 4 is 11.8 Å². The summed E-state index contributed by atoms with van der Waals surface area (Å²) in [5.74, 6) is 0. The normalized spacial score (nSPS) is 27.7. The van der Waals surface area contributed by atoms with E-state index in [0.717, 1.165) is 0 Å². The van der Waals surface area contributed by atoms with Gasteiger partial charge in [-0.25, -0.2) is 0 Å². The Balaban J connectivity index is 2.13. The van der Waals surface area contributed by atoms with E-state index in [0.29, 0.717) is 0 Å². The van der Waals surface area contributed by atoms with E-state index in [1.54, 1.807) is 5.57 Å². The van der Waals surface area contributed by atoms with Gasteiger partial charge in [0, 0.05) is 5.69 Å². The van der Waals surface area contributed by atoms with E-state index in [-0.39, 0.29) is 5.54 Å². The van der Waals surface area contributed by atoms with E-state index < -0.39 is 0 Å². The summed E-state index contributed by atoms with van der Waals surface area (Å²) in [6.07, 6.45) is 6.25. The highest BCUT2D eigenvalue weighted by molar-refractivity contribution is 5.75. The molecule has 1 atom stereocenters. The van der Waals surface area contributed by atoms with Crippen molar-refractivity contribution in [3.05, 3.63) is 34.9 Å². The molecule has 1 N–H and O–H groups in total. The van der Waals surface area contributed by atoms with Gasteiger partial charge in [-0.3, -0.25) is 0 Å². The van der Waals surface area contributed by atoms with Crippen LogP contribution in [0, 0.1) is 6.92 Å². The zero-order valence-corrected chi connectivity index (χ0v) is 9.43. The van der Waals surface area contributed by atoms with Crippen LogP contribution in [0.2, 0.25) is 0 Å². The lowest BCUT2D eigenvalue weighted by Gasteiger charge is -2.33. The van der Waals surface area contributed by atoms with Crippen molar-refractivity contribution in [1.29, 1.82) is 0 Å². The molecular formula is C14H17N. The predicted molar refractivity (Wildman–Crippen MR) is 65.0 cm³/mol. The molecule has 1 fully saturated rings. The van der Waals surface area contributed by atoms with Crippen molar-refractivity contribution in [3.8, 4) is 0 Å². The summed E-state index contributed by atoms with van der Waals surface area (Å²) in [4.78, 5) is 0. The van der Waals surface area contributed by atoms with E-state index in [1.807, 2.05) is 0 Å². The molecular weight excluding hydrogens is 182 g/mol. The summed E-state index contributed by atoms with van der Waals surface area (Å²) in [5.41, 5.74) is 5.83. The van der Waals surface area contributed by atoms with Crippen LogP contribution in [-0.4, -0.2) is 5.54 Å². The molecule has 0 radical (unpaired) electrons. The quantitative estimate of drug-likeness (QED) is 0.671. The maximum absolute atomic E-state index is 3.69. The van der Waals surface area contributed by atoms with Crippen LogP contribution in [0.25, 0.3) is 6.08 Å². The molecule has 1 nitrogen and oxygen atoms in total. The minimum absolute atomic E-state index is 0.238. The molecule has 1 saturated carbocycles. The third kappa shape index (κ3) is 1.30. The van der Waals surface area contributed by atoms with Crippen LogP contribution >= 0.6 is 0 Å². The Morgan fingerprint density at radius 3 is 3.07 bits per heavy atom. The SMILES string of the molecule is Cc1ccc2c(c1)C=C1CCCC1(C)N2. The molecule has 78 valence electrons. The number of rotatable bonds is 0. The third-order valence-corrected chi connectivity index (χ3v) is 3.78. The fraction of sp³-hybridized carbons (Fsp3) is 0.429. The van der Waals surface area contributed by atoms with Gasteiger partial charge in [-0.05, 0) is 56.4 Å². The molecule has 15 heavy (non-hydrogen) atoms. The lowest BCUT2D eigenvalue weighted by Crippen LogP contribution is -2.35. The highest BCUT2D eigenvalue weighted by Gasteiger charge is 2.36. The highest BCUT2D eigenvalue weighted by atomic mass is 15.0. The van der Waals surface area contributed by atoms with Gasteiger partial charge in [0.15, 0.2) is 0 Å². The number of benzene rings is 1. The molecule has 1 aliphatic carbocycles. The topological polar surface area (TPSA) is 12.0 Å². The van der Waals surface area contributed by atoms with Crippen LogP contribution in [0.5, 0.6) is 0 Å². The van der Waals surface area contributed by atoms with Crippen LogP contribution in [0.3, 0.4) is 0 Å². The first-order valence-electron chi connectivity index (χ1n) is 5.77. The molecule has 0 bridgehead atoms. The van der Waals surface area contributed by atoms with E-state index >= 15 is 0 Å². The Kier molecular flexibility index (Phi) is 1.73. The molecule has 2 aliphatic rings. The van der Waals surface area contributed by atoms with Crippen LogP contribution in [-0.2, 0) is 0 Å². The second-order valence-electron chi connectivity index (χ2n) is 5.07. The number of anilines is 1. The minimum atomic E-state index is 0.238. The lowest BCUT2D eigenvalue weighted by atomic mass is 9.88. The van der Waals surface area contributed by atoms with Gasteiger partial charge in [0.2, 0.25) is 0 Å². The molecule has 1 heteroatoms. The fourth-order valence-electron chi connectivity index (χ4n) is 2.84. The Morgan fingerprint density at radius 2 is 2.20 bits per heavy atom. The second kappa shape index (κ2) is 2.88. The molecule has 3 rings (SSSR count). The van der Waals surface area contributed by atoms with Crippen molar-refractivity contribution in [2.24, 2.45) is 0 Å². The van der Waals surface area contributed by atoms with Crippen LogP contribution < -0.4 is 5.32 Å². The standard InChI is InChI=1S/C14H17N/c1-10-5-6-13-11(8-10)9-12-4-3-7-14(12,2)15-13/h5-6,8-9,15H,3-4,7H2,1-2H3. The van der Waals surface area contributed by atoms with Gasteiger partial charge < -0.3 is 5.32 Å².